The molecule has 1 aliphatic rings. The van der Waals surface area contributed by atoms with Crippen LogP contribution in [-0.2, 0) is 20.9 Å². The second-order valence-electron chi connectivity index (χ2n) is 6.65. The summed E-state index contributed by atoms with van der Waals surface area (Å²) < 4.78 is 10.9. The molecule has 3 rings (SSSR count). The Labute approximate surface area is 182 Å². The second-order valence-corrected chi connectivity index (χ2v) is 7.50. The summed E-state index contributed by atoms with van der Waals surface area (Å²) in [4.78, 5) is 37.5. The van der Waals surface area contributed by atoms with E-state index in [9.17, 15) is 14.4 Å². The second kappa shape index (κ2) is 9.58. The van der Waals surface area contributed by atoms with Gasteiger partial charge in [0, 0.05) is 0 Å². The predicted octanol–water partition coefficient (Wildman–Crippen LogP) is 3.79. The summed E-state index contributed by atoms with van der Waals surface area (Å²) in [6, 6.07) is 12.3. The number of carbonyl (C=O) groups is 3. The maximum Gasteiger partial charge on any atom is 0.344 e. The highest BCUT2D eigenvalue weighted by atomic mass is 79.9. The third-order valence-corrected chi connectivity index (χ3v) is 4.96. The third-order valence-electron chi connectivity index (χ3n) is 4.34. The van der Waals surface area contributed by atoms with Crippen LogP contribution in [0.25, 0.3) is 6.08 Å². The number of halogens is 1. The largest absolute Gasteiger partial charge is 0.481 e. The number of hydrogen-bond acceptors (Lipinski definition) is 5. The van der Waals surface area contributed by atoms with Crippen LogP contribution in [0.5, 0.6) is 5.75 Å². The maximum absolute atomic E-state index is 12.7. The van der Waals surface area contributed by atoms with Crippen molar-refractivity contribution in [3.63, 3.8) is 0 Å². The first-order valence-electron chi connectivity index (χ1n) is 9.35. The zero-order valence-electron chi connectivity index (χ0n) is 16.6. The van der Waals surface area contributed by atoms with Gasteiger partial charge in [-0.05, 0) is 59.1 Å². The van der Waals surface area contributed by atoms with E-state index in [-0.39, 0.29) is 31.4 Å². The number of nitrogens with zero attached hydrogens (tertiary/aromatic N) is 1. The highest BCUT2D eigenvalue weighted by Gasteiger charge is 2.33. The first kappa shape index (κ1) is 21.6. The van der Waals surface area contributed by atoms with Gasteiger partial charge in [-0.25, -0.2) is 9.59 Å². The number of rotatable bonds is 7. The molecule has 2 aromatic carbocycles. The zero-order chi connectivity index (χ0) is 21.7. The van der Waals surface area contributed by atoms with E-state index in [1.807, 2.05) is 31.2 Å². The Morgan fingerprint density at radius 2 is 1.90 bits per heavy atom. The molecule has 1 saturated heterocycles. The molecule has 30 heavy (non-hydrogen) atoms. The quantitative estimate of drug-likeness (QED) is 0.376. The molecule has 0 aliphatic carbocycles. The number of nitrogens with one attached hydrogen (secondary N) is 1. The molecule has 7 nitrogen and oxygen atoms in total. The molecule has 1 aliphatic heterocycles. The molecule has 0 bridgehead atoms. The smallest absolute Gasteiger partial charge is 0.344 e. The molecule has 2 aromatic rings. The van der Waals surface area contributed by atoms with Crippen molar-refractivity contribution in [2.45, 2.75) is 20.4 Å². The third kappa shape index (κ3) is 5.27. The summed E-state index contributed by atoms with van der Waals surface area (Å²) in [5, 5.41) is 2.61. The SMILES string of the molecule is CCOC(=O)COc1ccc(/C=C2/NC(=O)N(Cc3ccc(C)cc3)C2=O)cc1Br. The van der Waals surface area contributed by atoms with Gasteiger partial charge in [0.2, 0.25) is 0 Å². The first-order valence-corrected chi connectivity index (χ1v) is 10.1. The molecule has 0 radical (unpaired) electrons. The van der Waals surface area contributed by atoms with Crippen molar-refractivity contribution in [1.82, 2.24) is 10.2 Å². The van der Waals surface area contributed by atoms with E-state index in [0.29, 0.717) is 15.8 Å². The van der Waals surface area contributed by atoms with Crippen molar-refractivity contribution in [3.05, 3.63) is 69.3 Å². The number of esters is 1. The van der Waals surface area contributed by atoms with E-state index in [1.54, 1.807) is 31.2 Å². The van der Waals surface area contributed by atoms with Gasteiger partial charge in [0.25, 0.3) is 5.91 Å². The van der Waals surface area contributed by atoms with Crippen LogP contribution in [0.1, 0.15) is 23.6 Å². The Hall–Kier alpha value is -3.13. The van der Waals surface area contributed by atoms with Crippen molar-refractivity contribution < 1.29 is 23.9 Å². The summed E-state index contributed by atoms with van der Waals surface area (Å²) in [6.45, 7) is 3.99. The number of imide groups is 1. The summed E-state index contributed by atoms with van der Waals surface area (Å²) in [5.74, 6) is -0.379. The van der Waals surface area contributed by atoms with Crippen LogP contribution in [0, 0.1) is 6.92 Å². The van der Waals surface area contributed by atoms with Crippen molar-refractivity contribution >= 4 is 39.9 Å². The zero-order valence-corrected chi connectivity index (χ0v) is 18.2. The number of ether oxygens (including phenoxy) is 2. The number of benzene rings is 2. The molecule has 3 amide bonds. The number of hydrogen-bond donors (Lipinski definition) is 1. The van der Waals surface area contributed by atoms with E-state index in [0.717, 1.165) is 11.1 Å². The number of amides is 3. The van der Waals surface area contributed by atoms with Crippen LogP contribution in [0.4, 0.5) is 4.79 Å². The number of carbonyl (C=O) groups excluding carboxylic acids is 3. The summed E-state index contributed by atoms with van der Waals surface area (Å²) in [5.41, 5.74) is 2.86. The highest BCUT2D eigenvalue weighted by Crippen LogP contribution is 2.27. The minimum atomic E-state index is -0.458. The Morgan fingerprint density at radius 1 is 1.17 bits per heavy atom. The average molecular weight is 473 g/mol. The lowest BCUT2D eigenvalue weighted by atomic mass is 10.1. The molecular weight excluding hydrogens is 452 g/mol. The van der Waals surface area contributed by atoms with Gasteiger partial charge in [0.05, 0.1) is 17.6 Å². The Kier molecular flexibility index (Phi) is 6.89. The lowest BCUT2D eigenvalue weighted by Crippen LogP contribution is -2.30. The highest BCUT2D eigenvalue weighted by molar-refractivity contribution is 9.10. The lowest BCUT2D eigenvalue weighted by molar-refractivity contribution is -0.145. The van der Waals surface area contributed by atoms with Crippen LogP contribution < -0.4 is 10.1 Å². The van der Waals surface area contributed by atoms with Gasteiger partial charge in [0.1, 0.15) is 11.4 Å². The average Bonchev–Trinajstić information content (AvgIpc) is 2.96. The summed E-state index contributed by atoms with van der Waals surface area (Å²) in [7, 11) is 0. The van der Waals surface area contributed by atoms with Gasteiger partial charge in [-0.3, -0.25) is 9.69 Å². The van der Waals surface area contributed by atoms with E-state index in [2.05, 4.69) is 21.2 Å². The van der Waals surface area contributed by atoms with E-state index in [4.69, 9.17) is 9.47 Å². The topological polar surface area (TPSA) is 84.9 Å². The minimum Gasteiger partial charge on any atom is -0.481 e. The van der Waals surface area contributed by atoms with Crippen molar-refractivity contribution in [2.24, 2.45) is 0 Å². The molecule has 1 N–H and O–H groups in total. The molecule has 1 heterocycles. The molecule has 156 valence electrons. The van der Waals surface area contributed by atoms with Crippen LogP contribution in [0.2, 0.25) is 0 Å². The standard InChI is InChI=1S/C22H21BrN2O5/c1-3-29-20(26)13-30-19-9-8-16(10-17(19)23)11-18-21(27)25(22(28)24-18)12-15-6-4-14(2)5-7-15/h4-11H,3,12-13H2,1-2H3,(H,24,28)/b18-11+. The molecule has 8 heteroatoms. The predicted molar refractivity (Wildman–Crippen MR) is 115 cm³/mol. The minimum absolute atomic E-state index is 0.194. The molecular formula is C22H21BrN2O5. The number of urea groups is 1. The van der Waals surface area contributed by atoms with Gasteiger partial charge in [-0.1, -0.05) is 35.9 Å². The molecule has 0 spiro atoms. The maximum atomic E-state index is 12.7. The fraction of sp³-hybridized carbons (Fsp3) is 0.227. The van der Waals surface area contributed by atoms with Crippen molar-refractivity contribution in [1.29, 1.82) is 0 Å². The molecule has 0 atom stereocenters. The monoisotopic (exact) mass is 472 g/mol. The number of aryl methyl sites for hydroxylation is 1. The van der Waals surface area contributed by atoms with Gasteiger partial charge in [0.15, 0.2) is 6.61 Å². The summed E-state index contributed by atoms with van der Waals surface area (Å²) in [6.07, 6.45) is 1.59. The van der Waals surface area contributed by atoms with Crippen LogP contribution in [-0.4, -0.2) is 36.0 Å². The molecule has 1 fully saturated rings. The fourth-order valence-corrected chi connectivity index (χ4v) is 3.33. The summed E-state index contributed by atoms with van der Waals surface area (Å²) >= 11 is 3.39. The van der Waals surface area contributed by atoms with Crippen LogP contribution in [0.15, 0.2) is 52.6 Å². The van der Waals surface area contributed by atoms with Gasteiger partial charge >= 0.3 is 12.0 Å². The van der Waals surface area contributed by atoms with Gasteiger partial charge in [-0.2, -0.15) is 0 Å². The molecule has 0 saturated carbocycles. The van der Waals surface area contributed by atoms with Crippen LogP contribution >= 0.6 is 15.9 Å². The van der Waals surface area contributed by atoms with Crippen molar-refractivity contribution in [3.8, 4) is 5.75 Å². The molecule has 0 aromatic heterocycles. The first-order chi connectivity index (χ1) is 14.4. The lowest BCUT2D eigenvalue weighted by Gasteiger charge is -2.11. The Morgan fingerprint density at radius 3 is 2.57 bits per heavy atom. The van der Waals surface area contributed by atoms with E-state index < -0.39 is 12.0 Å². The van der Waals surface area contributed by atoms with E-state index in [1.165, 1.54) is 4.90 Å². The normalized spacial score (nSPS) is 14.8. The fourth-order valence-electron chi connectivity index (χ4n) is 2.82. The molecule has 0 unspecified atom stereocenters. The van der Waals surface area contributed by atoms with Gasteiger partial charge in [-0.15, -0.1) is 0 Å². The van der Waals surface area contributed by atoms with Gasteiger partial charge < -0.3 is 14.8 Å². The Bertz CT molecular complexity index is 1000. The van der Waals surface area contributed by atoms with E-state index >= 15 is 0 Å². The Balaban J connectivity index is 1.69. The van der Waals surface area contributed by atoms with Crippen molar-refractivity contribution in [2.75, 3.05) is 13.2 Å². The van der Waals surface area contributed by atoms with Crippen LogP contribution in [0.3, 0.4) is 0 Å².